The summed E-state index contributed by atoms with van der Waals surface area (Å²) in [6, 6.07) is 6.53. The highest BCUT2D eigenvalue weighted by molar-refractivity contribution is 5.78. The Morgan fingerprint density at radius 2 is 2.05 bits per heavy atom. The third-order valence-corrected chi connectivity index (χ3v) is 4.84. The lowest BCUT2D eigenvalue weighted by molar-refractivity contribution is 0.393. The maximum absolute atomic E-state index is 6.17. The average Bonchev–Trinajstić information content (AvgIpc) is 3.11. The Balaban J connectivity index is 2.23. The van der Waals surface area contributed by atoms with Crippen molar-refractivity contribution in [2.75, 3.05) is 13.7 Å². The molecule has 0 radical (unpaired) electrons. The third kappa shape index (κ3) is 2.22. The zero-order chi connectivity index (χ0) is 15.0. The second kappa shape index (κ2) is 5.34. The fourth-order valence-corrected chi connectivity index (χ4v) is 3.67. The summed E-state index contributed by atoms with van der Waals surface area (Å²) in [5.41, 5.74) is 8.41. The molecule has 1 aliphatic carbocycles. The molecule has 0 amide bonds. The van der Waals surface area contributed by atoms with Crippen molar-refractivity contribution in [3.63, 3.8) is 0 Å². The molecule has 4 nitrogen and oxygen atoms in total. The number of ether oxygens (including phenoxy) is 1. The minimum atomic E-state index is 0.0521. The maximum atomic E-state index is 6.17. The molecule has 1 fully saturated rings. The van der Waals surface area contributed by atoms with E-state index in [2.05, 4.69) is 24.5 Å². The van der Waals surface area contributed by atoms with Crippen LogP contribution in [-0.4, -0.2) is 23.2 Å². The monoisotopic (exact) mass is 287 g/mol. The van der Waals surface area contributed by atoms with Gasteiger partial charge < -0.3 is 15.0 Å². The van der Waals surface area contributed by atoms with Gasteiger partial charge in [-0.15, -0.1) is 0 Å². The van der Waals surface area contributed by atoms with Gasteiger partial charge in [-0.3, -0.25) is 0 Å². The molecule has 2 N–H and O–H groups in total. The largest absolute Gasteiger partial charge is 0.497 e. The quantitative estimate of drug-likeness (QED) is 0.937. The fourth-order valence-electron chi connectivity index (χ4n) is 3.67. The number of fused-ring (bicyclic) bond motifs is 1. The first kappa shape index (κ1) is 14.4. The number of nitrogens with two attached hydrogens (primary N) is 1. The summed E-state index contributed by atoms with van der Waals surface area (Å²) in [4.78, 5) is 4.97. The third-order valence-electron chi connectivity index (χ3n) is 4.84. The average molecular weight is 287 g/mol. The first-order valence-electron chi connectivity index (χ1n) is 7.88. The molecule has 1 aromatic heterocycles. The molecule has 0 bridgehead atoms. The summed E-state index contributed by atoms with van der Waals surface area (Å²) in [7, 11) is 1.69. The van der Waals surface area contributed by atoms with E-state index in [9.17, 15) is 0 Å². The Hall–Kier alpha value is -1.55. The summed E-state index contributed by atoms with van der Waals surface area (Å²) in [5.74, 6) is 2.02. The summed E-state index contributed by atoms with van der Waals surface area (Å²) in [6.07, 6.45) is 4.80. The van der Waals surface area contributed by atoms with E-state index in [1.54, 1.807) is 7.11 Å². The van der Waals surface area contributed by atoms with Crippen LogP contribution < -0.4 is 10.5 Å². The SMILES string of the molecule is COc1ccc2c(c1)nc(C1(CN)CCCC1)n2C(C)C. The van der Waals surface area contributed by atoms with Crippen LogP contribution >= 0.6 is 0 Å². The van der Waals surface area contributed by atoms with E-state index in [-0.39, 0.29) is 5.41 Å². The van der Waals surface area contributed by atoms with Crippen molar-refractivity contribution < 1.29 is 4.74 Å². The molecule has 21 heavy (non-hydrogen) atoms. The second-order valence-electron chi connectivity index (χ2n) is 6.45. The number of nitrogens with zero attached hydrogens (tertiary/aromatic N) is 2. The first-order valence-corrected chi connectivity index (χ1v) is 7.88. The normalized spacial score (nSPS) is 17.8. The van der Waals surface area contributed by atoms with Crippen LogP contribution in [0.4, 0.5) is 0 Å². The van der Waals surface area contributed by atoms with E-state index in [1.165, 1.54) is 24.2 Å². The molecule has 0 unspecified atom stereocenters. The molecule has 0 atom stereocenters. The smallest absolute Gasteiger partial charge is 0.121 e. The Morgan fingerprint density at radius 1 is 1.33 bits per heavy atom. The van der Waals surface area contributed by atoms with Gasteiger partial charge in [-0.1, -0.05) is 12.8 Å². The minimum absolute atomic E-state index is 0.0521. The van der Waals surface area contributed by atoms with E-state index in [0.717, 1.165) is 24.1 Å². The van der Waals surface area contributed by atoms with Crippen molar-refractivity contribution in [2.24, 2.45) is 5.73 Å². The van der Waals surface area contributed by atoms with Gasteiger partial charge in [-0.05, 0) is 38.8 Å². The van der Waals surface area contributed by atoms with Crippen LogP contribution in [-0.2, 0) is 5.41 Å². The van der Waals surface area contributed by atoms with Crippen LogP contribution in [0.5, 0.6) is 5.75 Å². The van der Waals surface area contributed by atoms with Gasteiger partial charge in [0.15, 0.2) is 0 Å². The highest BCUT2D eigenvalue weighted by Crippen LogP contribution is 2.42. The molecule has 4 heteroatoms. The summed E-state index contributed by atoms with van der Waals surface area (Å²) in [6.45, 7) is 5.11. The molecule has 114 valence electrons. The highest BCUT2D eigenvalue weighted by atomic mass is 16.5. The number of hydrogen-bond donors (Lipinski definition) is 1. The van der Waals surface area contributed by atoms with Gasteiger partial charge in [0.25, 0.3) is 0 Å². The van der Waals surface area contributed by atoms with Crippen molar-refractivity contribution in [3.05, 3.63) is 24.0 Å². The zero-order valence-corrected chi connectivity index (χ0v) is 13.2. The molecule has 2 aromatic rings. The highest BCUT2D eigenvalue weighted by Gasteiger charge is 2.39. The number of aromatic nitrogens is 2. The van der Waals surface area contributed by atoms with Crippen LogP contribution in [0.15, 0.2) is 18.2 Å². The standard InChI is InChI=1S/C17H25N3O/c1-12(2)20-15-7-6-13(21-3)10-14(15)19-16(20)17(11-18)8-4-5-9-17/h6-7,10,12H,4-5,8-9,11,18H2,1-3H3. The van der Waals surface area contributed by atoms with E-state index in [1.807, 2.05) is 12.1 Å². The van der Waals surface area contributed by atoms with Gasteiger partial charge in [0.2, 0.25) is 0 Å². The molecule has 1 aromatic carbocycles. The van der Waals surface area contributed by atoms with Crippen molar-refractivity contribution >= 4 is 11.0 Å². The van der Waals surface area contributed by atoms with Crippen molar-refractivity contribution in [1.29, 1.82) is 0 Å². The topological polar surface area (TPSA) is 53.1 Å². The summed E-state index contributed by atoms with van der Waals surface area (Å²) < 4.78 is 7.70. The predicted octanol–water partition coefficient (Wildman–Crippen LogP) is 3.40. The Bertz CT molecular complexity index is 639. The summed E-state index contributed by atoms with van der Waals surface area (Å²) >= 11 is 0. The fraction of sp³-hybridized carbons (Fsp3) is 0.588. The van der Waals surface area contributed by atoms with E-state index >= 15 is 0 Å². The van der Waals surface area contributed by atoms with Gasteiger partial charge in [-0.2, -0.15) is 0 Å². The second-order valence-corrected chi connectivity index (χ2v) is 6.45. The molecule has 0 saturated heterocycles. The number of rotatable bonds is 4. The molecular formula is C17H25N3O. The van der Waals surface area contributed by atoms with Crippen LogP contribution in [0.2, 0.25) is 0 Å². The van der Waals surface area contributed by atoms with Crippen LogP contribution in [0.1, 0.15) is 51.4 Å². The molecular weight excluding hydrogens is 262 g/mol. The van der Waals surface area contributed by atoms with Gasteiger partial charge >= 0.3 is 0 Å². The molecule has 1 heterocycles. The lowest BCUT2D eigenvalue weighted by atomic mass is 9.85. The molecule has 1 saturated carbocycles. The number of benzene rings is 1. The molecule has 0 aliphatic heterocycles. The number of imidazole rings is 1. The van der Waals surface area contributed by atoms with Crippen LogP contribution in [0.3, 0.4) is 0 Å². The van der Waals surface area contributed by atoms with E-state index in [4.69, 9.17) is 15.5 Å². The summed E-state index contributed by atoms with van der Waals surface area (Å²) in [5, 5.41) is 0. The lowest BCUT2D eigenvalue weighted by Crippen LogP contribution is -2.35. The molecule has 3 rings (SSSR count). The van der Waals surface area contributed by atoms with Crippen LogP contribution in [0, 0.1) is 0 Å². The van der Waals surface area contributed by atoms with Crippen LogP contribution in [0.25, 0.3) is 11.0 Å². The van der Waals surface area contributed by atoms with E-state index < -0.39 is 0 Å². The Kier molecular flexibility index (Phi) is 3.66. The molecule has 1 aliphatic rings. The van der Waals surface area contributed by atoms with Gasteiger partial charge in [-0.25, -0.2) is 4.98 Å². The Labute approximate surface area is 126 Å². The zero-order valence-electron chi connectivity index (χ0n) is 13.2. The van der Waals surface area contributed by atoms with Crippen molar-refractivity contribution in [3.8, 4) is 5.75 Å². The van der Waals surface area contributed by atoms with Gasteiger partial charge in [0.05, 0.1) is 18.1 Å². The van der Waals surface area contributed by atoms with Crippen molar-refractivity contribution in [2.45, 2.75) is 51.0 Å². The lowest BCUT2D eigenvalue weighted by Gasteiger charge is -2.29. The number of methoxy groups -OCH3 is 1. The van der Waals surface area contributed by atoms with Gasteiger partial charge in [0, 0.05) is 24.1 Å². The maximum Gasteiger partial charge on any atom is 0.121 e. The first-order chi connectivity index (χ1) is 10.1. The Morgan fingerprint density at radius 3 is 2.62 bits per heavy atom. The van der Waals surface area contributed by atoms with Crippen molar-refractivity contribution in [1.82, 2.24) is 9.55 Å². The predicted molar refractivity (Wildman–Crippen MR) is 85.9 cm³/mol. The van der Waals surface area contributed by atoms with Gasteiger partial charge in [0.1, 0.15) is 11.6 Å². The number of hydrogen-bond acceptors (Lipinski definition) is 3. The minimum Gasteiger partial charge on any atom is -0.497 e. The molecule has 0 spiro atoms. The van der Waals surface area contributed by atoms with E-state index in [0.29, 0.717) is 12.6 Å².